The van der Waals surface area contributed by atoms with Crippen molar-refractivity contribution in [2.45, 2.75) is 30.7 Å². The number of ether oxygens (including phenoxy) is 3. The van der Waals surface area contributed by atoms with E-state index in [1.165, 1.54) is 7.11 Å². The second-order valence-electron chi connectivity index (χ2n) is 5.31. The summed E-state index contributed by atoms with van der Waals surface area (Å²) in [4.78, 5) is 0. The summed E-state index contributed by atoms with van der Waals surface area (Å²) in [6.45, 7) is -0.627. The molecule has 1 aromatic rings. The van der Waals surface area contributed by atoms with Crippen LogP contribution < -0.4 is 9.47 Å². The largest absolute Gasteiger partial charge is 0.493 e. The Kier molecular flexibility index (Phi) is 6.55. The topological polar surface area (TPSA) is 129 Å². The van der Waals surface area contributed by atoms with E-state index in [0.717, 1.165) is 5.56 Å². The molecule has 2 rings (SSSR count). The molecule has 1 aromatic carbocycles. The van der Waals surface area contributed by atoms with Crippen LogP contribution in [0.5, 0.6) is 11.5 Å². The standard InChI is InChI=1S/C16H22O8/c1-22-11-7-9(3-2-6-17)4-5-10(11)23-16-15(21)14(20)13(19)12(8-18)24-16/h2-5,7,12-21H,6,8H2,1H3/b3-2+/t12-,13-,14+,15-,16+/m1/s1. The Bertz CT molecular complexity index is 559. The van der Waals surface area contributed by atoms with Gasteiger partial charge in [-0.25, -0.2) is 0 Å². The number of hydrogen-bond donors (Lipinski definition) is 5. The van der Waals surface area contributed by atoms with E-state index in [4.69, 9.17) is 19.3 Å². The third-order valence-corrected chi connectivity index (χ3v) is 3.69. The van der Waals surface area contributed by atoms with Gasteiger partial charge in [-0.2, -0.15) is 0 Å². The molecule has 24 heavy (non-hydrogen) atoms. The number of aliphatic hydroxyl groups excluding tert-OH is 5. The fourth-order valence-electron chi connectivity index (χ4n) is 2.36. The van der Waals surface area contributed by atoms with Crippen molar-refractivity contribution in [2.75, 3.05) is 20.3 Å². The lowest BCUT2D eigenvalue weighted by Gasteiger charge is -2.39. The number of benzene rings is 1. The zero-order chi connectivity index (χ0) is 17.7. The molecule has 0 amide bonds. The predicted molar refractivity (Wildman–Crippen MR) is 83.5 cm³/mol. The first-order valence-electron chi connectivity index (χ1n) is 7.44. The summed E-state index contributed by atoms with van der Waals surface area (Å²) in [5.41, 5.74) is 0.766. The van der Waals surface area contributed by atoms with E-state index in [-0.39, 0.29) is 12.4 Å². The quantitative estimate of drug-likeness (QED) is 0.440. The van der Waals surface area contributed by atoms with Crippen molar-refractivity contribution in [3.63, 3.8) is 0 Å². The highest BCUT2D eigenvalue weighted by Crippen LogP contribution is 2.32. The highest BCUT2D eigenvalue weighted by molar-refractivity contribution is 5.55. The highest BCUT2D eigenvalue weighted by atomic mass is 16.7. The van der Waals surface area contributed by atoms with Crippen molar-refractivity contribution in [1.29, 1.82) is 0 Å². The molecule has 1 fully saturated rings. The first kappa shape index (κ1) is 18.7. The van der Waals surface area contributed by atoms with Crippen molar-refractivity contribution in [3.05, 3.63) is 29.8 Å². The lowest BCUT2D eigenvalue weighted by molar-refractivity contribution is -0.277. The van der Waals surface area contributed by atoms with Crippen LogP contribution >= 0.6 is 0 Å². The molecular weight excluding hydrogens is 320 g/mol. The normalized spacial score (nSPS) is 30.5. The van der Waals surface area contributed by atoms with Gasteiger partial charge < -0.3 is 39.7 Å². The minimum Gasteiger partial charge on any atom is -0.493 e. The van der Waals surface area contributed by atoms with Crippen molar-refractivity contribution in [3.8, 4) is 11.5 Å². The molecule has 1 heterocycles. The van der Waals surface area contributed by atoms with E-state index < -0.39 is 37.3 Å². The summed E-state index contributed by atoms with van der Waals surface area (Å²) in [7, 11) is 1.44. The molecule has 134 valence electrons. The van der Waals surface area contributed by atoms with Crippen LogP contribution in [0.3, 0.4) is 0 Å². The number of hydrogen-bond acceptors (Lipinski definition) is 8. The van der Waals surface area contributed by atoms with Gasteiger partial charge in [-0.1, -0.05) is 18.2 Å². The Balaban J connectivity index is 2.18. The van der Waals surface area contributed by atoms with Crippen LogP contribution in [0.4, 0.5) is 0 Å². The Morgan fingerprint density at radius 2 is 1.83 bits per heavy atom. The third kappa shape index (κ3) is 4.04. The van der Waals surface area contributed by atoms with Gasteiger partial charge in [0.2, 0.25) is 6.29 Å². The molecule has 0 bridgehead atoms. The SMILES string of the molecule is COc1cc(/C=C/CO)ccc1O[C@H]1O[C@H](CO)[C@@H](O)[C@H](O)[C@H]1O. The predicted octanol–water partition coefficient (Wildman–Crippen LogP) is -1.12. The summed E-state index contributed by atoms with van der Waals surface area (Å²) in [6, 6.07) is 4.94. The smallest absolute Gasteiger partial charge is 0.229 e. The Morgan fingerprint density at radius 3 is 2.46 bits per heavy atom. The molecule has 1 aliphatic heterocycles. The third-order valence-electron chi connectivity index (χ3n) is 3.69. The van der Waals surface area contributed by atoms with E-state index in [2.05, 4.69) is 0 Å². The van der Waals surface area contributed by atoms with E-state index >= 15 is 0 Å². The zero-order valence-corrected chi connectivity index (χ0v) is 13.1. The van der Waals surface area contributed by atoms with Gasteiger partial charge in [-0.05, 0) is 17.7 Å². The molecule has 0 aromatic heterocycles. The van der Waals surface area contributed by atoms with E-state index in [0.29, 0.717) is 5.75 Å². The molecule has 8 heteroatoms. The molecule has 0 radical (unpaired) electrons. The zero-order valence-electron chi connectivity index (χ0n) is 13.1. The van der Waals surface area contributed by atoms with Gasteiger partial charge in [0.25, 0.3) is 0 Å². The average Bonchev–Trinajstić information content (AvgIpc) is 2.61. The first-order chi connectivity index (χ1) is 11.5. The molecule has 1 saturated heterocycles. The van der Waals surface area contributed by atoms with Crippen LogP contribution in [0.15, 0.2) is 24.3 Å². The molecule has 5 N–H and O–H groups in total. The van der Waals surface area contributed by atoms with Crippen LogP contribution in [-0.4, -0.2) is 76.6 Å². The molecule has 0 spiro atoms. The monoisotopic (exact) mass is 342 g/mol. The molecular formula is C16H22O8. The van der Waals surface area contributed by atoms with Gasteiger partial charge in [0, 0.05) is 0 Å². The van der Waals surface area contributed by atoms with Crippen molar-refractivity contribution in [1.82, 2.24) is 0 Å². The van der Waals surface area contributed by atoms with Gasteiger partial charge in [0.05, 0.1) is 20.3 Å². The Morgan fingerprint density at radius 1 is 1.08 bits per heavy atom. The molecule has 0 aliphatic carbocycles. The van der Waals surface area contributed by atoms with E-state index in [9.17, 15) is 20.4 Å². The maximum atomic E-state index is 10.00. The second-order valence-corrected chi connectivity index (χ2v) is 5.31. The van der Waals surface area contributed by atoms with Crippen LogP contribution in [0.25, 0.3) is 6.08 Å². The van der Waals surface area contributed by atoms with Gasteiger partial charge in [-0.3, -0.25) is 0 Å². The Labute approximate surface area is 139 Å². The lowest BCUT2D eigenvalue weighted by atomic mass is 9.99. The average molecular weight is 342 g/mol. The summed E-state index contributed by atoms with van der Waals surface area (Å²) in [5, 5.41) is 47.5. The Hall–Kier alpha value is -1.68. The number of aliphatic hydroxyl groups is 5. The molecule has 8 nitrogen and oxygen atoms in total. The number of rotatable bonds is 6. The minimum absolute atomic E-state index is 0.0918. The van der Waals surface area contributed by atoms with Crippen LogP contribution in [0, 0.1) is 0 Å². The van der Waals surface area contributed by atoms with Crippen molar-refractivity contribution < 1.29 is 39.7 Å². The van der Waals surface area contributed by atoms with Gasteiger partial charge in [0.15, 0.2) is 11.5 Å². The molecule has 0 saturated carbocycles. The molecule has 5 atom stereocenters. The summed E-state index contributed by atoms with van der Waals surface area (Å²) < 4.78 is 16.1. The molecule has 1 aliphatic rings. The maximum Gasteiger partial charge on any atom is 0.229 e. The summed E-state index contributed by atoms with van der Waals surface area (Å²) >= 11 is 0. The van der Waals surface area contributed by atoms with Gasteiger partial charge in [0.1, 0.15) is 24.4 Å². The summed E-state index contributed by atoms with van der Waals surface area (Å²) in [5.74, 6) is 0.607. The maximum absolute atomic E-state index is 10.00. The van der Waals surface area contributed by atoms with Gasteiger partial charge in [-0.15, -0.1) is 0 Å². The number of methoxy groups -OCH3 is 1. The lowest BCUT2D eigenvalue weighted by Crippen LogP contribution is -2.60. The van der Waals surface area contributed by atoms with Crippen LogP contribution in [-0.2, 0) is 4.74 Å². The fraction of sp³-hybridized carbons (Fsp3) is 0.500. The van der Waals surface area contributed by atoms with Crippen LogP contribution in [0.1, 0.15) is 5.56 Å². The van der Waals surface area contributed by atoms with Crippen LogP contribution in [0.2, 0.25) is 0 Å². The van der Waals surface area contributed by atoms with Crippen molar-refractivity contribution in [2.24, 2.45) is 0 Å². The fourth-order valence-corrected chi connectivity index (χ4v) is 2.36. The van der Waals surface area contributed by atoms with E-state index in [1.54, 1.807) is 30.4 Å². The highest BCUT2D eigenvalue weighted by Gasteiger charge is 2.44. The minimum atomic E-state index is -1.52. The second kappa shape index (κ2) is 8.43. The molecule has 0 unspecified atom stereocenters. The van der Waals surface area contributed by atoms with Gasteiger partial charge >= 0.3 is 0 Å². The van der Waals surface area contributed by atoms with Crippen molar-refractivity contribution >= 4 is 6.08 Å². The first-order valence-corrected chi connectivity index (χ1v) is 7.44. The summed E-state index contributed by atoms with van der Waals surface area (Å²) in [6.07, 6.45) is -3.54. The van der Waals surface area contributed by atoms with E-state index in [1.807, 2.05) is 0 Å².